The van der Waals surface area contributed by atoms with Crippen LogP contribution in [0.4, 0.5) is 5.13 Å². The normalized spacial score (nSPS) is 11.7. The van der Waals surface area contributed by atoms with Gasteiger partial charge < -0.3 is 17.2 Å². The van der Waals surface area contributed by atoms with E-state index in [-0.39, 0.29) is 0 Å². The molecule has 0 radical (unpaired) electrons. The van der Waals surface area contributed by atoms with Crippen molar-refractivity contribution in [3.63, 3.8) is 0 Å². The zero-order valence-electron chi connectivity index (χ0n) is 10.5. The molecule has 1 heterocycles. The van der Waals surface area contributed by atoms with Crippen molar-refractivity contribution < 1.29 is 0 Å². The quantitative estimate of drug-likeness (QED) is 0.565. The Bertz CT molecular complexity index is 576. The monoisotopic (exact) mass is 275 g/mol. The number of benzene rings is 1. The van der Waals surface area contributed by atoms with Crippen LogP contribution in [0.15, 0.2) is 34.6 Å². The van der Waals surface area contributed by atoms with Crippen LogP contribution in [0.1, 0.15) is 16.8 Å². The maximum atomic E-state index is 5.88. The highest BCUT2D eigenvalue weighted by Crippen LogP contribution is 2.11. The minimum absolute atomic E-state index is 0.532. The smallest absolute Gasteiger partial charge is 0.180 e. The largest absolute Gasteiger partial charge is 0.387 e. The van der Waals surface area contributed by atoms with Gasteiger partial charge in [-0.15, -0.1) is 11.3 Å². The molecule has 6 N–H and O–H groups in total. The van der Waals surface area contributed by atoms with E-state index in [1.54, 1.807) is 0 Å². The SMILES string of the molecule is NCc1cccc(CN=C(N)Cc2csc(N)n2)c1. The number of hydrogen-bond donors (Lipinski definition) is 3. The highest BCUT2D eigenvalue weighted by Gasteiger charge is 2.01. The fourth-order valence-corrected chi connectivity index (χ4v) is 2.26. The molecule has 6 heteroatoms. The van der Waals surface area contributed by atoms with Crippen LogP contribution in [0.25, 0.3) is 0 Å². The Labute approximate surface area is 116 Å². The second-order valence-corrected chi connectivity index (χ2v) is 5.08. The summed E-state index contributed by atoms with van der Waals surface area (Å²) in [5.41, 5.74) is 20.1. The van der Waals surface area contributed by atoms with Crippen LogP contribution < -0.4 is 17.2 Å². The number of anilines is 1. The third-order valence-electron chi connectivity index (χ3n) is 2.62. The summed E-state index contributed by atoms with van der Waals surface area (Å²) in [7, 11) is 0. The van der Waals surface area contributed by atoms with E-state index in [0.29, 0.717) is 30.5 Å². The molecule has 0 aliphatic rings. The summed E-state index contributed by atoms with van der Waals surface area (Å²) in [4.78, 5) is 8.50. The summed E-state index contributed by atoms with van der Waals surface area (Å²) in [5, 5.41) is 2.45. The van der Waals surface area contributed by atoms with Gasteiger partial charge in [0.25, 0.3) is 0 Å². The van der Waals surface area contributed by atoms with Gasteiger partial charge in [-0.2, -0.15) is 0 Å². The van der Waals surface area contributed by atoms with Crippen LogP contribution in [0.5, 0.6) is 0 Å². The molecule has 0 aliphatic heterocycles. The van der Waals surface area contributed by atoms with Gasteiger partial charge >= 0.3 is 0 Å². The Morgan fingerprint density at radius 3 is 2.79 bits per heavy atom. The van der Waals surface area contributed by atoms with E-state index in [4.69, 9.17) is 17.2 Å². The van der Waals surface area contributed by atoms with Crippen molar-refractivity contribution in [3.05, 3.63) is 46.5 Å². The van der Waals surface area contributed by atoms with Gasteiger partial charge in [0.05, 0.1) is 12.2 Å². The number of thiazole rings is 1. The molecule has 19 heavy (non-hydrogen) atoms. The summed E-state index contributed by atoms with van der Waals surface area (Å²) in [5.74, 6) is 0.559. The lowest BCUT2D eigenvalue weighted by Gasteiger charge is -2.02. The number of aromatic nitrogens is 1. The van der Waals surface area contributed by atoms with Crippen molar-refractivity contribution in [1.82, 2.24) is 4.98 Å². The molecule has 0 bridgehead atoms. The second-order valence-electron chi connectivity index (χ2n) is 4.19. The van der Waals surface area contributed by atoms with Crippen LogP contribution in [-0.2, 0) is 19.5 Å². The molecule has 0 spiro atoms. The molecular formula is C13H17N5S. The first-order chi connectivity index (χ1) is 9.17. The van der Waals surface area contributed by atoms with Crippen LogP contribution in [-0.4, -0.2) is 10.8 Å². The molecule has 0 saturated heterocycles. The van der Waals surface area contributed by atoms with Crippen LogP contribution in [0.3, 0.4) is 0 Å². The first-order valence-corrected chi connectivity index (χ1v) is 6.82. The topological polar surface area (TPSA) is 103 Å². The lowest BCUT2D eigenvalue weighted by atomic mass is 10.1. The van der Waals surface area contributed by atoms with Crippen molar-refractivity contribution in [3.8, 4) is 0 Å². The average Bonchev–Trinajstić information content (AvgIpc) is 2.82. The van der Waals surface area contributed by atoms with Crippen molar-refractivity contribution in [2.75, 3.05) is 5.73 Å². The molecule has 2 rings (SSSR count). The van der Waals surface area contributed by atoms with Crippen molar-refractivity contribution in [2.45, 2.75) is 19.5 Å². The number of nitrogens with zero attached hydrogens (tertiary/aromatic N) is 2. The number of hydrogen-bond acceptors (Lipinski definition) is 5. The lowest BCUT2D eigenvalue weighted by Crippen LogP contribution is -2.15. The van der Waals surface area contributed by atoms with Gasteiger partial charge in [-0.25, -0.2) is 4.98 Å². The predicted octanol–water partition coefficient (Wildman–Crippen LogP) is 1.28. The molecule has 2 aromatic rings. The summed E-state index contributed by atoms with van der Waals surface area (Å²) >= 11 is 1.41. The lowest BCUT2D eigenvalue weighted by molar-refractivity contribution is 1.01. The highest BCUT2D eigenvalue weighted by molar-refractivity contribution is 7.13. The minimum atomic E-state index is 0.532. The van der Waals surface area contributed by atoms with E-state index < -0.39 is 0 Å². The molecule has 1 aromatic carbocycles. The first kappa shape index (κ1) is 13.5. The zero-order chi connectivity index (χ0) is 13.7. The predicted molar refractivity (Wildman–Crippen MR) is 79.9 cm³/mol. The number of nitrogen functional groups attached to an aromatic ring is 1. The number of rotatable bonds is 5. The Hall–Kier alpha value is -1.92. The van der Waals surface area contributed by atoms with E-state index in [1.165, 1.54) is 11.3 Å². The van der Waals surface area contributed by atoms with Gasteiger partial charge in [0.2, 0.25) is 0 Å². The third-order valence-corrected chi connectivity index (χ3v) is 3.35. The van der Waals surface area contributed by atoms with E-state index in [9.17, 15) is 0 Å². The van der Waals surface area contributed by atoms with Crippen LogP contribution in [0.2, 0.25) is 0 Å². The zero-order valence-corrected chi connectivity index (χ0v) is 11.4. The number of amidine groups is 1. The van der Waals surface area contributed by atoms with Gasteiger partial charge in [-0.3, -0.25) is 4.99 Å². The van der Waals surface area contributed by atoms with Crippen molar-refractivity contribution >= 4 is 22.3 Å². The van der Waals surface area contributed by atoms with Crippen molar-refractivity contribution in [2.24, 2.45) is 16.5 Å². The van der Waals surface area contributed by atoms with E-state index in [2.05, 4.69) is 9.98 Å². The Kier molecular flexibility index (Phi) is 4.48. The van der Waals surface area contributed by atoms with Gasteiger partial charge in [-0.05, 0) is 11.1 Å². The van der Waals surface area contributed by atoms with E-state index >= 15 is 0 Å². The van der Waals surface area contributed by atoms with E-state index in [1.807, 2.05) is 29.6 Å². The summed E-state index contributed by atoms with van der Waals surface area (Å²) < 4.78 is 0. The minimum Gasteiger partial charge on any atom is -0.387 e. The van der Waals surface area contributed by atoms with Gasteiger partial charge in [0.1, 0.15) is 5.84 Å². The van der Waals surface area contributed by atoms with Crippen molar-refractivity contribution in [1.29, 1.82) is 0 Å². The standard InChI is InChI=1S/C13H17N5S/c14-6-9-2-1-3-10(4-9)7-17-12(15)5-11-8-19-13(16)18-11/h1-4,8H,5-7,14H2,(H2,15,17)(H2,16,18). The Morgan fingerprint density at radius 2 is 2.11 bits per heavy atom. The van der Waals surface area contributed by atoms with Gasteiger partial charge in [0, 0.05) is 18.3 Å². The van der Waals surface area contributed by atoms with Crippen LogP contribution >= 0.6 is 11.3 Å². The molecule has 0 unspecified atom stereocenters. The Morgan fingerprint density at radius 1 is 1.32 bits per heavy atom. The molecule has 0 fully saturated rings. The molecule has 0 amide bonds. The molecule has 0 aliphatic carbocycles. The number of nitrogens with two attached hydrogens (primary N) is 3. The maximum Gasteiger partial charge on any atom is 0.180 e. The Balaban J connectivity index is 1.97. The fourth-order valence-electron chi connectivity index (χ4n) is 1.69. The third kappa shape index (κ3) is 4.04. The molecule has 0 saturated carbocycles. The number of aliphatic imine (C=N–C) groups is 1. The molecular weight excluding hydrogens is 258 g/mol. The highest BCUT2D eigenvalue weighted by atomic mass is 32.1. The second kappa shape index (κ2) is 6.31. The summed E-state index contributed by atoms with van der Waals surface area (Å²) in [6, 6.07) is 8.02. The fraction of sp³-hybridized carbons (Fsp3) is 0.231. The molecule has 0 atom stereocenters. The maximum absolute atomic E-state index is 5.88. The van der Waals surface area contributed by atoms with Gasteiger partial charge in [0.15, 0.2) is 5.13 Å². The van der Waals surface area contributed by atoms with Gasteiger partial charge in [-0.1, -0.05) is 24.3 Å². The molecule has 1 aromatic heterocycles. The average molecular weight is 275 g/mol. The van der Waals surface area contributed by atoms with Crippen LogP contribution in [0, 0.1) is 0 Å². The first-order valence-electron chi connectivity index (χ1n) is 5.94. The summed E-state index contributed by atoms with van der Waals surface area (Å²) in [6.45, 7) is 1.09. The summed E-state index contributed by atoms with van der Waals surface area (Å²) in [6.07, 6.45) is 0.532. The molecule has 5 nitrogen and oxygen atoms in total. The molecule has 100 valence electrons. The van der Waals surface area contributed by atoms with E-state index in [0.717, 1.165) is 16.8 Å².